The highest BCUT2D eigenvalue weighted by molar-refractivity contribution is 5.78. The zero-order valence-electron chi connectivity index (χ0n) is 12.2. The predicted octanol–water partition coefficient (Wildman–Crippen LogP) is 4.25. The van der Waals surface area contributed by atoms with Crippen molar-refractivity contribution in [3.63, 3.8) is 0 Å². The van der Waals surface area contributed by atoms with Gasteiger partial charge < -0.3 is 4.90 Å². The lowest BCUT2D eigenvalue weighted by molar-refractivity contribution is 0.111. The first-order valence-corrected chi connectivity index (χ1v) is 7.16. The first-order valence-electron chi connectivity index (χ1n) is 7.16. The summed E-state index contributed by atoms with van der Waals surface area (Å²) in [5.74, 6) is 0. The normalized spacial score (nSPS) is 10.1. The van der Waals surface area contributed by atoms with Crippen LogP contribution in [0.5, 0.6) is 0 Å². The van der Waals surface area contributed by atoms with Crippen LogP contribution in [0.3, 0.4) is 0 Å². The third-order valence-electron chi connectivity index (χ3n) is 3.42. The van der Waals surface area contributed by atoms with Gasteiger partial charge in [0.1, 0.15) is 12.6 Å². The van der Waals surface area contributed by atoms with Crippen LogP contribution in [-0.2, 0) is 0 Å². The molecule has 0 bridgehead atoms. The average Bonchev–Trinajstić information content (AvgIpc) is 2.56. The second-order valence-corrected chi connectivity index (χ2v) is 4.92. The number of unbranched alkanes of at least 4 members (excludes halogenated alkanes) is 1. The Morgan fingerprint density at radius 1 is 0.810 bits per heavy atom. The summed E-state index contributed by atoms with van der Waals surface area (Å²) in [6, 6.07) is 15.1. The number of nitrogens with zero attached hydrogens (tertiary/aromatic N) is 1. The maximum atomic E-state index is 10.8. The van der Waals surface area contributed by atoms with E-state index in [0.717, 1.165) is 43.3 Å². The third kappa shape index (κ3) is 3.78. The topological polar surface area (TPSA) is 37.4 Å². The van der Waals surface area contributed by atoms with Gasteiger partial charge in [-0.1, -0.05) is 13.3 Å². The van der Waals surface area contributed by atoms with Crippen molar-refractivity contribution in [1.82, 2.24) is 0 Å². The largest absolute Gasteiger partial charge is 0.341 e. The van der Waals surface area contributed by atoms with Gasteiger partial charge >= 0.3 is 0 Å². The molecule has 0 heterocycles. The Balaban J connectivity index is 2.30. The smallest absolute Gasteiger partial charge is 0.150 e. The van der Waals surface area contributed by atoms with Crippen LogP contribution >= 0.6 is 0 Å². The van der Waals surface area contributed by atoms with E-state index in [1.807, 2.05) is 48.5 Å². The lowest BCUT2D eigenvalue weighted by Gasteiger charge is -2.25. The predicted molar refractivity (Wildman–Crippen MR) is 85.6 cm³/mol. The second-order valence-electron chi connectivity index (χ2n) is 4.92. The van der Waals surface area contributed by atoms with E-state index < -0.39 is 0 Å². The summed E-state index contributed by atoms with van der Waals surface area (Å²) in [6.45, 7) is 3.06. The number of anilines is 2. The Morgan fingerprint density at radius 2 is 1.24 bits per heavy atom. The molecule has 0 aliphatic heterocycles. The van der Waals surface area contributed by atoms with Gasteiger partial charge in [-0.25, -0.2) is 0 Å². The van der Waals surface area contributed by atoms with Crippen molar-refractivity contribution in [3.8, 4) is 0 Å². The van der Waals surface area contributed by atoms with E-state index in [1.165, 1.54) is 0 Å². The molecule has 108 valence electrons. The van der Waals surface area contributed by atoms with Crippen LogP contribution in [-0.4, -0.2) is 19.1 Å². The van der Waals surface area contributed by atoms with E-state index >= 15 is 0 Å². The highest BCUT2D eigenvalue weighted by atomic mass is 16.1. The number of hydrogen-bond acceptors (Lipinski definition) is 3. The fraction of sp³-hybridized carbons (Fsp3) is 0.222. The molecular formula is C18H19NO2. The van der Waals surface area contributed by atoms with E-state index in [4.69, 9.17) is 0 Å². The van der Waals surface area contributed by atoms with Crippen LogP contribution in [0.4, 0.5) is 11.4 Å². The van der Waals surface area contributed by atoms with Gasteiger partial charge in [-0.05, 0) is 55.0 Å². The molecule has 0 fully saturated rings. The Hall–Kier alpha value is -2.42. The summed E-state index contributed by atoms with van der Waals surface area (Å²) in [4.78, 5) is 23.7. The second kappa shape index (κ2) is 7.39. The molecule has 2 aromatic rings. The first-order chi connectivity index (χ1) is 10.3. The summed E-state index contributed by atoms with van der Waals surface area (Å²) >= 11 is 0. The van der Waals surface area contributed by atoms with E-state index in [-0.39, 0.29) is 0 Å². The van der Waals surface area contributed by atoms with E-state index in [2.05, 4.69) is 11.8 Å². The molecule has 3 nitrogen and oxygen atoms in total. The first kappa shape index (κ1) is 15.0. The van der Waals surface area contributed by atoms with Crippen molar-refractivity contribution in [2.24, 2.45) is 0 Å². The van der Waals surface area contributed by atoms with Crippen LogP contribution in [0.15, 0.2) is 48.5 Å². The zero-order valence-corrected chi connectivity index (χ0v) is 12.2. The molecule has 3 heteroatoms. The molecule has 2 rings (SSSR count). The molecular weight excluding hydrogens is 262 g/mol. The van der Waals surface area contributed by atoms with Crippen molar-refractivity contribution >= 4 is 23.9 Å². The van der Waals surface area contributed by atoms with Crippen molar-refractivity contribution in [1.29, 1.82) is 0 Å². The van der Waals surface area contributed by atoms with Crippen LogP contribution in [0, 0.1) is 0 Å². The molecule has 0 amide bonds. The lowest BCUT2D eigenvalue weighted by atomic mass is 10.1. The zero-order chi connectivity index (χ0) is 15.1. The average molecular weight is 281 g/mol. The molecule has 0 spiro atoms. The van der Waals surface area contributed by atoms with E-state index in [0.29, 0.717) is 11.1 Å². The Morgan fingerprint density at radius 3 is 1.57 bits per heavy atom. The molecule has 0 N–H and O–H groups in total. The number of rotatable bonds is 7. The quantitative estimate of drug-likeness (QED) is 0.712. The fourth-order valence-corrected chi connectivity index (χ4v) is 2.19. The monoisotopic (exact) mass is 281 g/mol. The molecule has 0 aliphatic rings. The third-order valence-corrected chi connectivity index (χ3v) is 3.42. The van der Waals surface area contributed by atoms with Gasteiger partial charge in [0.25, 0.3) is 0 Å². The number of aldehydes is 2. The standard InChI is InChI=1S/C18H19NO2/c1-2-3-12-19(17-8-4-15(13-20)5-9-17)18-10-6-16(14-21)7-11-18/h4-11,13-14H,2-3,12H2,1H3. The van der Waals surface area contributed by atoms with Gasteiger partial charge in [-0.2, -0.15) is 0 Å². The molecule has 0 atom stereocenters. The van der Waals surface area contributed by atoms with Gasteiger partial charge in [-0.3, -0.25) is 9.59 Å². The molecule has 0 unspecified atom stereocenters. The van der Waals surface area contributed by atoms with Crippen molar-refractivity contribution in [2.75, 3.05) is 11.4 Å². The Kier molecular flexibility index (Phi) is 5.27. The summed E-state index contributed by atoms with van der Waals surface area (Å²) in [7, 11) is 0. The molecule has 0 aliphatic carbocycles. The number of carbonyl (C=O) groups excluding carboxylic acids is 2. The lowest BCUT2D eigenvalue weighted by Crippen LogP contribution is -2.18. The summed E-state index contributed by atoms with van der Waals surface area (Å²) in [5, 5.41) is 0. The maximum absolute atomic E-state index is 10.8. The van der Waals surface area contributed by atoms with Gasteiger partial charge in [-0.15, -0.1) is 0 Å². The van der Waals surface area contributed by atoms with Crippen molar-refractivity contribution in [2.45, 2.75) is 19.8 Å². The van der Waals surface area contributed by atoms with Gasteiger partial charge in [0.15, 0.2) is 0 Å². The van der Waals surface area contributed by atoms with Crippen LogP contribution in [0.1, 0.15) is 40.5 Å². The maximum Gasteiger partial charge on any atom is 0.150 e. The van der Waals surface area contributed by atoms with Crippen molar-refractivity contribution < 1.29 is 9.59 Å². The minimum Gasteiger partial charge on any atom is -0.341 e. The Labute approximate surface area is 125 Å². The summed E-state index contributed by atoms with van der Waals surface area (Å²) in [5.41, 5.74) is 3.44. The van der Waals surface area contributed by atoms with Gasteiger partial charge in [0.05, 0.1) is 0 Å². The molecule has 0 saturated heterocycles. The number of hydrogen-bond donors (Lipinski definition) is 0. The fourth-order valence-electron chi connectivity index (χ4n) is 2.19. The molecule has 21 heavy (non-hydrogen) atoms. The number of benzene rings is 2. The highest BCUT2D eigenvalue weighted by Crippen LogP contribution is 2.26. The molecule has 2 aromatic carbocycles. The van der Waals surface area contributed by atoms with Crippen LogP contribution < -0.4 is 4.90 Å². The summed E-state index contributed by atoms with van der Waals surface area (Å²) in [6.07, 6.45) is 3.87. The van der Waals surface area contributed by atoms with Gasteiger partial charge in [0, 0.05) is 29.0 Å². The van der Waals surface area contributed by atoms with Gasteiger partial charge in [0.2, 0.25) is 0 Å². The highest BCUT2D eigenvalue weighted by Gasteiger charge is 2.09. The minimum absolute atomic E-state index is 0.672. The van der Waals surface area contributed by atoms with E-state index in [9.17, 15) is 9.59 Å². The molecule has 0 aromatic heterocycles. The molecule has 0 saturated carbocycles. The SMILES string of the molecule is CCCCN(c1ccc(C=O)cc1)c1ccc(C=O)cc1. The van der Waals surface area contributed by atoms with Crippen molar-refractivity contribution in [3.05, 3.63) is 59.7 Å². The number of carbonyl (C=O) groups is 2. The van der Waals surface area contributed by atoms with E-state index in [1.54, 1.807) is 0 Å². The van der Waals surface area contributed by atoms with Crippen LogP contribution in [0.2, 0.25) is 0 Å². The molecule has 0 radical (unpaired) electrons. The minimum atomic E-state index is 0.672. The Bertz CT molecular complexity index is 536. The van der Waals surface area contributed by atoms with Crippen LogP contribution in [0.25, 0.3) is 0 Å². The summed E-state index contributed by atoms with van der Waals surface area (Å²) < 4.78 is 0.